The number of amides is 1. The molecule has 0 atom stereocenters. The molecule has 0 radical (unpaired) electrons. The zero-order chi connectivity index (χ0) is 11.1. The highest BCUT2D eigenvalue weighted by atomic mass is 16.5. The highest BCUT2D eigenvalue weighted by molar-refractivity contribution is 5.76. The third kappa shape index (κ3) is 4.21. The lowest BCUT2D eigenvalue weighted by molar-refractivity contribution is -0.140. The number of hydrogen-bond acceptors (Lipinski definition) is 5. The smallest absolute Gasteiger partial charge is 0.307 e. The number of methoxy groups -OCH3 is 1. The van der Waals surface area contributed by atoms with Crippen LogP contribution < -0.4 is 5.32 Å². The Balaban J connectivity index is 2.17. The second kappa shape index (κ2) is 5.74. The molecule has 1 heterocycles. The van der Waals surface area contributed by atoms with Gasteiger partial charge in [-0.3, -0.25) is 9.59 Å². The van der Waals surface area contributed by atoms with Gasteiger partial charge in [0.1, 0.15) is 19.2 Å². The lowest BCUT2D eigenvalue weighted by atomic mass is 10.4. The number of carbonyl (C=O) groups excluding carboxylic acids is 2. The van der Waals surface area contributed by atoms with Crippen molar-refractivity contribution >= 4 is 11.9 Å². The molecule has 0 fully saturated rings. The summed E-state index contributed by atoms with van der Waals surface area (Å²) in [6.45, 7) is 0.362. The molecule has 0 aliphatic carbocycles. The standard InChI is InChI=1S/C8H12N4O3/c1-15-8(14)2-3-10-7(13)4-12-6-9-5-11-12/h5-6H,2-4H2,1H3,(H,10,13). The number of hydrogen-bond donors (Lipinski definition) is 1. The van der Waals surface area contributed by atoms with E-state index >= 15 is 0 Å². The van der Waals surface area contributed by atoms with Crippen LogP contribution in [-0.4, -0.2) is 40.3 Å². The summed E-state index contributed by atoms with van der Waals surface area (Å²) < 4.78 is 5.82. The molecule has 1 N–H and O–H groups in total. The van der Waals surface area contributed by atoms with Gasteiger partial charge in [0.05, 0.1) is 13.5 Å². The van der Waals surface area contributed by atoms with Gasteiger partial charge in [-0.1, -0.05) is 0 Å². The van der Waals surface area contributed by atoms with Crippen LogP contribution in [0.4, 0.5) is 0 Å². The molecular formula is C8H12N4O3. The number of carbonyl (C=O) groups is 2. The Kier molecular flexibility index (Phi) is 4.27. The predicted molar refractivity (Wildman–Crippen MR) is 49.7 cm³/mol. The molecule has 0 aliphatic heterocycles. The van der Waals surface area contributed by atoms with Crippen molar-refractivity contribution in [3.8, 4) is 0 Å². The Morgan fingerprint density at radius 1 is 1.53 bits per heavy atom. The molecular weight excluding hydrogens is 200 g/mol. The van der Waals surface area contributed by atoms with Crippen molar-refractivity contribution in [3.63, 3.8) is 0 Å². The van der Waals surface area contributed by atoms with Gasteiger partial charge < -0.3 is 10.1 Å². The molecule has 1 aromatic rings. The molecule has 7 heteroatoms. The summed E-state index contributed by atoms with van der Waals surface area (Å²) in [6.07, 6.45) is 2.96. The first kappa shape index (κ1) is 11.2. The van der Waals surface area contributed by atoms with Crippen molar-refractivity contribution in [2.24, 2.45) is 0 Å². The predicted octanol–water partition coefficient (Wildman–Crippen LogP) is -1.04. The first-order valence-corrected chi connectivity index (χ1v) is 4.38. The zero-order valence-electron chi connectivity index (χ0n) is 8.34. The maximum Gasteiger partial charge on any atom is 0.307 e. The fourth-order valence-electron chi connectivity index (χ4n) is 0.923. The first-order chi connectivity index (χ1) is 7.22. The number of nitrogens with one attached hydrogen (secondary N) is 1. The lowest BCUT2D eigenvalue weighted by Gasteiger charge is -2.03. The van der Waals surface area contributed by atoms with Crippen molar-refractivity contribution in [2.75, 3.05) is 13.7 Å². The molecule has 0 unspecified atom stereocenters. The van der Waals surface area contributed by atoms with E-state index in [1.165, 1.54) is 24.4 Å². The molecule has 1 rings (SSSR count). The van der Waals surface area contributed by atoms with Crippen LogP contribution in [0.1, 0.15) is 6.42 Å². The maximum atomic E-state index is 11.2. The Hall–Kier alpha value is -1.92. The Labute approximate surface area is 86.4 Å². The minimum atomic E-state index is -0.351. The largest absolute Gasteiger partial charge is 0.469 e. The van der Waals surface area contributed by atoms with Crippen molar-refractivity contribution in [2.45, 2.75) is 13.0 Å². The number of nitrogens with zero attached hydrogens (tertiary/aromatic N) is 3. The van der Waals surface area contributed by atoms with Gasteiger partial charge in [0.25, 0.3) is 0 Å². The summed E-state index contributed by atoms with van der Waals surface area (Å²) in [5.74, 6) is -0.569. The molecule has 0 saturated heterocycles. The number of rotatable bonds is 5. The van der Waals surface area contributed by atoms with Gasteiger partial charge in [0.2, 0.25) is 5.91 Å². The SMILES string of the molecule is COC(=O)CCNC(=O)Cn1cncn1. The zero-order valence-corrected chi connectivity index (χ0v) is 8.34. The Morgan fingerprint density at radius 3 is 2.93 bits per heavy atom. The summed E-state index contributed by atoms with van der Waals surface area (Å²) in [5, 5.41) is 6.33. The van der Waals surface area contributed by atoms with Crippen LogP contribution in [-0.2, 0) is 20.9 Å². The molecule has 1 aromatic heterocycles. The van der Waals surface area contributed by atoms with Crippen LogP contribution in [0.2, 0.25) is 0 Å². The molecule has 0 aliphatic rings. The third-order valence-electron chi connectivity index (χ3n) is 1.65. The van der Waals surface area contributed by atoms with Crippen LogP contribution in [0.5, 0.6) is 0 Å². The number of aromatic nitrogens is 3. The summed E-state index contributed by atoms with van der Waals surface area (Å²) in [4.78, 5) is 25.6. The molecule has 0 spiro atoms. The second-order valence-electron chi connectivity index (χ2n) is 2.77. The maximum absolute atomic E-state index is 11.2. The molecule has 82 valence electrons. The summed E-state index contributed by atoms with van der Waals surface area (Å²) in [5.41, 5.74) is 0. The minimum absolute atomic E-state index is 0.0984. The summed E-state index contributed by atoms with van der Waals surface area (Å²) >= 11 is 0. The molecule has 15 heavy (non-hydrogen) atoms. The second-order valence-corrected chi connectivity index (χ2v) is 2.77. The fourth-order valence-corrected chi connectivity index (χ4v) is 0.923. The molecule has 1 amide bonds. The van der Waals surface area contributed by atoms with Crippen molar-refractivity contribution in [1.29, 1.82) is 0 Å². The van der Waals surface area contributed by atoms with Crippen molar-refractivity contribution < 1.29 is 14.3 Å². The van der Waals surface area contributed by atoms with Gasteiger partial charge in [-0.2, -0.15) is 5.10 Å². The van der Waals surface area contributed by atoms with Crippen LogP contribution in [0, 0.1) is 0 Å². The van der Waals surface area contributed by atoms with Crippen molar-refractivity contribution in [3.05, 3.63) is 12.7 Å². The van der Waals surface area contributed by atoms with Gasteiger partial charge >= 0.3 is 5.97 Å². The van der Waals surface area contributed by atoms with Crippen LogP contribution in [0.15, 0.2) is 12.7 Å². The van der Waals surface area contributed by atoms with Crippen molar-refractivity contribution in [1.82, 2.24) is 20.1 Å². The van der Waals surface area contributed by atoms with Crippen LogP contribution in [0.3, 0.4) is 0 Å². The highest BCUT2D eigenvalue weighted by Gasteiger charge is 2.04. The number of esters is 1. The van der Waals surface area contributed by atoms with E-state index in [4.69, 9.17) is 0 Å². The van der Waals surface area contributed by atoms with E-state index < -0.39 is 0 Å². The van der Waals surface area contributed by atoms with E-state index in [9.17, 15) is 9.59 Å². The number of ether oxygens (including phenoxy) is 1. The topological polar surface area (TPSA) is 86.1 Å². The van der Waals surface area contributed by atoms with E-state index in [2.05, 4.69) is 20.1 Å². The molecule has 0 aromatic carbocycles. The fraction of sp³-hybridized carbons (Fsp3) is 0.500. The first-order valence-electron chi connectivity index (χ1n) is 4.38. The van der Waals surface area contributed by atoms with E-state index in [0.717, 1.165) is 0 Å². The summed E-state index contributed by atoms with van der Waals surface area (Å²) in [6, 6.07) is 0. The Bertz CT molecular complexity index is 323. The van der Waals surface area contributed by atoms with Gasteiger partial charge in [-0.15, -0.1) is 0 Å². The van der Waals surface area contributed by atoms with Gasteiger partial charge in [-0.05, 0) is 0 Å². The quantitative estimate of drug-likeness (QED) is 0.630. The average Bonchev–Trinajstić information content (AvgIpc) is 2.70. The Morgan fingerprint density at radius 2 is 2.33 bits per heavy atom. The van der Waals surface area contributed by atoms with Gasteiger partial charge in [0.15, 0.2) is 0 Å². The minimum Gasteiger partial charge on any atom is -0.469 e. The monoisotopic (exact) mass is 212 g/mol. The normalized spacial score (nSPS) is 9.67. The molecule has 0 bridgehead atoms. The molecule has 0 saturated carbocycles. The lowest BCUT2D eigenvalue weighted by Crippen LogP contribution is -2.29. The third-order valence-corrected chi connectivity index (χ3v) is 1.65. The molecule has 7 nitrogen and oxygen atoms in total. The van der Waals surface area contributed by atoms with E-state index in [1.54, 1.807) is 0 Å². The van der Waals surface area contributed by atoms with E-state index in [1.807, 2.05) is 0 Å². The van der Waals surface area contributed by atoms with Gasteiger partial charge in [-0.25, -0.2) is 9.67 Å². The summed E-state index contributed by atoms with van der Waals surface area (Å²) in [7, 11) is 1.31. The van der Waals surface area contributed by atoms with E-state index in [-0.39, 0.29) is 31.4 Å². The highest BCUT2D eigenvalue weighted by Crippen LogP contribution is 1.83. The van der Waals surface area contributed by atoms with Crippen LogP contribution in [0.25, 0.3) is 0 Å². The average molecular weight is 212 g/mol. The van der Waals surface area contributed by atoms with Gasteiger partial charge in [0, 0.05) is 6.54 Å². The van der Waals surface area contributed by atoms with E-state index in [0.29, 0.717) is 0 Å². The van der Waals surface area contributed by atoms with Crippen LogP contribution >= 0.6 is 0 Å².